The summed E-state index contributed by atoms with van der Waals surface area (Å²) in [5.74, 6) is 2.33. The van der Waals surface area contributed by atoms with E-state index in [9.17, 15) is 4.79 Å². The summed E-state index contributed by atoms with van der Waals surface area (Å²) in [5, 5.41) is 0. The molecule has 1 amide bonds. The summed E-state index contributed by atoms with van der Waals surface area (Å²) >= 11 is 0. The maximum atomic E-state index is 12.4. The van der Waals surface area contributed by atoms with Gasteiger partial charge in [-0.3, -0.25) is 0 Å². The molecule has 0 spiro atoms. The number of likely N-dealkylation sites (tertiary alicyclic amines) is 1. The highest BCUT2D eigenvalue weighted by Crippen LogP contribution is 2.24. The number of ether oxygens (including phenoxy) is 4. The molecule has 1 aliphatic rings. The van der Waals surface area contributed by atoms with E-state index < -0.39 is 5.60 Å². The Hall–Kier alpha value is -2.89. The molecule has 2 aromatic carbocycles. The lowest BCUT2D eigenvalue weighted by Crippen LogP contribution is -2.42. The number of hydrogen-bond donors (Lipinski definition) is 0. The predicted octanol–water partition coefficient (Wildman–Crippen LogP) is 5.05. The normalized spacial score (nSPS) is 16.3. The van der Waals surface area contributed by atoms with Gasteiger partial charge in [0.15, 0.2) is 0 Å². The summed E-state index contributed by atoms with van der Waals surface area (Å²) in [6.07, 6.45) is 1.61. The Labute approximate surface area is 178 Å². The van der Waals surface area contributed by atoms with Crippen LogP contribution >= 0.6 is 0 Å². The average Bonchev–Trinajstić information content (AvgIpc) is 3.19. The molecular weight excluding hydrogens is 382 g/mol. The highest BCUT2D eigenvalue weighted by Gasteiger charge is 2.32. The average molecular weight is 414 g/mol. The van der Waals surface area contributed by atoms with Gasteiger partial charge in [-0.2, -0.15) is 0 Å². The molecule has 1 unspecified atom stereocenters. The number of nitrogens with zero attached hydrogens (tertiary/aromatic N) is 1. The third kappa shape index (κ3) is 6.31. The zero-order chi connectivity index (χ0) is 21.6. The van der Waals surface area contributed by atoms with E-state index in [2.05, 4.69) is 0 Å². The van der Waals surface area contributed by atoms with E-state index in [0.717, 1.165) is 35.7 Å². The van der Waals surface area contributed by atoms with Crippen molar-refractivity contribution in [3.8, 4) is 17.2 Å². The third-order valence-electron chi connectivity index (χ3n) is 4.81. The van der Waals surface area contributed by atoms with Crippen molar-refractivity contribution in [2.24, 2.45) is 0 Å². The fraction of sp³-hybridized carbons (Fsp3) is 0.458. The zero-order valence-electron chi connectivity index (χ0n) is 18.2. The van der Waals surface area contributed by atoms with E-state index in [1.54, 1.807) is 12.0 Å². The number of methoxy groups -OCH3 is 1. The molecule has 0 bridgehead atoms. The summed E-state index contributed by atoms with van der Waals surface area (Å²) in [6.45, 7) is 7.26. The second-order valence-electron chi connectivity index (χ2n) is 8.39. The Morgan fingerprint density at radius 2 is 1.73 bits per heavy atom. The fourth-order valence-electron chi connectivity index (χ4n) is 3.32. The van der Waals surface area contributed by atoms with Crippen molar-refractivity contribution in [2.75, 3.05) is 20.3 Å². The molecular formula is C24H31NO5. The van der Waals surface area contributed by atoms with Gasteiger partial charge < -0.3 is 23.8 Å². The highest BCUT2D eigenvalue weighted by atomic mass is 16.6. The predicted molar refractivity (Wildman–Crippen MR) is 115 cm³/mol. The lowest BCUT2D eigenvalue weighted by atomic mass is 10.2. The fourth-order valence-corrected chi connectivity index (χ4v) is 3.32. The van der Waals surface area contributed by atoms with Gasteiger partial charge in [0.2, 0.25) is 0 Å². The number of rotatable bonds is 7. The number of amides is 1. The van der Waals surface area contributed by atoms with Crippen molar-refractivity contribution >= 4 is 6.09 Å². The Morgan fingerprint density at radius 1 is 1.03 bits per heavy atom. The monoisotopic (exact) mass is 413 g/mol. The lowest BCUT2D eigenvalue weighted by molar-refractivity contribution is 0.0187. The molecule has 6 nitrogen and oxygen atoms in total. The van der Waals surface area contributed by atoms with Gasteiger partial charge in [-0.1, -0.05) is 12.1 Å². The van der Waals surface area contributed by atoms with Crippen molar-refractivity contribution in [3.05, 3.63) is 54.1 Å². The van der Waals surface area contributed by atoms with Gasteiger partial charge in [0.05, 0.1) is 13.2 Å². The second kappa shape index (κ2) is 9.74. The zero-order valence-corrected chi connectivity index (χ0v) is 18.2. The number of hydrogen-bond acceptors (Lipinski definition) is 5. The topological polar surface area (TPSA) is 57.2 Å². The van der Waals surface area contributed by atoms with Gasteiger partial charge in [-0.05, 0) is 75.6 Å². The maximum Gasteiger partial charge on any atom is 0.410 e. The molecule has 1 heterocycles. The van der Waals surface area contributed by atoms with Crippen molar-refractivity contribution in [1.29, 1.82) is 0 Å². The molecule has 2 aromatic rings. The van der Waals surface area contributed by atoms with E-state index in [4.69, 9.17) is 18.9 Å². The first-order valence-electron chi connectivity index (χ1n) is 10.3. The molecule has 1 atom stereocenters. The Morgan fingerprint density at radius 3 is 2.40 bits per heavy atom. The largest absolute Gasteiger partial charge is 0.497 e. The molecule has 1 saturated heterocycles. The van der Waals surface area contributed by atoms with E-state index in [1.807, 2.05) is 69.3 Å². The van der Waals surface area contributed by atoms with Crippen molar-refractivity contribution in [3.63, 3.8) is 0 Å². The summed E-state index contributed by atoms with van der Waals surface area (Å²) in [5.41, 5.74) is 0.546. The van der Waals surface area contributed by atoms with Gasteiger partial charge in [-0.15, -0.1) is 0 Å². The molecule has 0 N–H and O–H groups in total. The smallest absolute Gasteiger partial charge is 0.410 e. The van der Waals surface area contributed by atoms with Crippen molar-refractivity contribution < 1.29 is 23.7 Å². The van der Waals surface area contributed by atoms with Crippen LogP contribution in [-0.2, 0) is 11.3 Å². The quantitative estimate of drug-likeness (QED) is 0.636. The van der Waals surface area contributed by atoms with Gasteiger partial charge in [0.1, 0.15) is 36.1 Å². The van der Waals surface area contributed by atoms with Crippen molar-refractivity contribution in [1.82, 2.24) is 4.90 Å². The Bertz CT molecular complexity index is 828. The van der Waals surface area contributed by atoms with Gasteiger partial charge in [0.25, 0.3) is 0 Å². The number of benzene rings is 2. The van der Waals surface area contributed by atoms with Gasteiger partial charge in [0, 0.05) is 6.54 Å². The first kappa shape index (κ1) is 21.8. The van der Waals surface area contributed by atoms with Gasteiger partial charge in [-0.25, -0.2) is 4.79 Å². The van der Waals surface area contributed by atoms with Crippen LogP contribution in [0.2, 0.25) is 0 Å². The number of carbonyl (C=O) groups is 1. The first-order chi connectivity index (χ1) is 14.3. The maximum absolute atomic E-state index is 12.4. The minimum Gasteiger partial charge on any atom is -0.497 e. The van der Waals surface area contributed by atoms with Crippen molar-refractivity contribution in [2.45, 2.75) is 51.9 Å². The van der Waals surface area contributed by atoms with E-state index in [-0.39, 0.29) is 12.1 Å². The van der Waals surface area contributed by atoms with Gasteiger partial charge >= 0.3 is 6.09 Å². The first-order valence-corrected chi connectivity index (χ1v) is 10.3. The summed E-state index contributed by atoms with van der Waals surface area (Å²) in [7, 11) is 1.65. The second-order valence-corrected chi connectivity index (χ2v) is 8.39. The van der Waals surface area contributed by atoms with Crippen LogP contribution in [0.1, 0.15) is 39.2 Å². The molecule has 30 heavy (non-hydrogen) atoms. The van der Waals surface area contributed by atoms with Crippen LogP contribution in [0.15, 0.2) is 48.5 Å². The molecule has 0 aliphatic carbocycles. The minimum atomic E-state index is -0.494. The minimum absolute atomic E-state index is 0.0313. The third-order valence-corrected chi connectivity index (χ3v) is 4.81. The Balaban J connectivity index is 1.48. The van der Waals surface area contributed by atoms with Crippen LogP contribution in [0, 0.1) is 0 Å². The SMILES string of the molecule is COc1cccc(COc2ccc(OCC3CCCN3C(=O)OC(C)(C)C)cc2)c1. The van der Waals surface area contributed by atoms with Crippen LogP contribution in [0.3, 0.4) is 0 Å². The van der Waals surface area contributed by atoms with Crippen LogP contribution in [0.25, 0.3) is 0 Å². The van der Waals surface area contributed by atoms with E-state index >= 15 is 0 Å². The molecule has 162 valence electrons. The molecule has 1 fully saturated rings. The molecule has 1 aliphatic heterocycles. The molecule has 0 radical (unpaired) electrons. The van der Waals surface area contributed by atoms with Crippen LogP contribution in [0.4, 0.5) is 4.79 Å². The highest BCUT2D eigenvalue weighted by molar-refractivity contribution is 5.69. The summed E-state index contributed by atoms with van der Waals surface area (Å²) < 4.78 is 22.5. The molecule has 0 aromatic heterocycles. The lowest BCUT2D eigenvalue weighted by Gasteiger charge is -2.28. The molecule has 0 saturated carbocycles. The number of carbonyl (C=O) groups excluding carboxylic acids is 1. The standard InChI is InChI=1S/C24H31NO5/c1-24(2,3)30-23(26)25-14-6-8-19(25)17-29-21-12-10-20(11-13-21)28-16-18-7-5-9-22(15-18)27-4/h5,7,9-13,15,19H,6,8,14,16-17H2,1-4H3. The molecule has 3 rings (SSSR count). The van der Waals surface area contributed by atoms with Crippen LogP contribution in [0.5, 0.6) is 17.2 Å². The van der Waals surface area contributed by atoms with Crippen LogP contribution < -0.4 is 14.2 Å². The summed E-state index contributed by atoms with van der Waals surface area (Å²) in [4.78, 5) is 14.2. The van der Waals surface area contributed by atoms with E-state index in [0.29, 0.717) is 19.8 Å². The van der Waals surface area contributed by atoms with E-state index in [1.165, 1.54) is 0 Å². The Kier molecular flexibility index (Phi) is 7.08. The molecule has 6 heteroatoms. The van der Waals surface area contributed by atoms with Crippen LogP contribution in [-0.4, -0.2) is 42.9 Å². The summed E-state index contributed by atoms with van der Waals surface area (Å²) in [6, 6.07) is 15.4.